The van der Waals surface area contributed by atoms with Crippen LogP contribution in [0.2, 0.25) is 0 Å². The number of hydrogen-bond acceptors (Lipinski definition) is 6. The zero-order valence-corrected chi connectivity index (χ0v) is 17.4. The zero-order valence-electron chi connectivity index (χ0n) is 16.5. The number of nitrogens with one attached hydrogen (secondary N) is 2. The van der Waals surface area contributed by atoms with Gasteiger partial charge in [-0.05, 0) is 35.3 Å². The number of nitrogen functional groups attached to an aromatic ring is 1. The van der Waals surface area contributed by atoms with Gasteiger partial charge in [-0.25, -0.2) is 4.98 Å². The topological polar surface area (TPSA) is 87.0 Å². The maximum atomic E-state index is 13.2. The summed E-state index contributed by atoms with van der Waals surface area (Å²) in [6, 6.07) is 8.26. The fourth-order valence-corrected chi connectivity index (χ4v) is 4.53. The molecule has 28 heavy (non-hydrogen) atoms. The number of rotatable bonds is 2. The minimum atomic E-state index is -0.306. The van der Waals surface area contributed by atoms with Gasteiger partial charge < -0.3 is 20.9 Å². The van der Waals surface area contributed by atoms with Crippen molar-refractivity contribution in [2.75, 3.05) is 30.0 Å². The molecule has 1 aromatic heterocycles. The molecule has 2 aromatic rings. The van der Waals surface area contributed by atoms with E-state index in [4.69, 9.17) is 18.0 Å². The van der Waals surface area contributed by atoms with Gasteiger partial charge in [0.2, 0.25) is 0 Å². The molecule has 0 amide bonds. The Morgan fingerprint density at radius 2 is 1.89 bits per heavy atom. The maximum absolute atomic E-state index is 13.2. The minimum Gasteiger partial charge on any atom is -0.385 e. The lowest BCUT2D eigenvalue weighted by Crippen LogP contribution is -2.39. The predicted molar refractivity (Wildman–Crippen MR) is 115 cm³/mol. The van der Waals surface area contributed by atoms with Crippen molar-refractivity contribution in [3.8, 4) is 0 Å². The van der Waals surface area contributed by atoms with Gasteiger partial charge >= 0.3 is 0 Å². The lowest BCUT2D eigenvalue weighted by Gasteiger charge is -2.41. The lowest BCUT2D eigenvalue weighted by molar-refractivity contribution is -0.124. The largest absolute Gasteiger partial charge is 0.385 e. The van der Waals surface area contributed by atoms with E-state index in [-0.39, 0.29) is 23.0 Å². The number of carbonyl (C=O) groups is 1. The molecule has 0 spiro atoms. The fourth-order valence-electron chi connectivity index (χ4n) is 4.33. The highest BCUT2D eigenvalue weighted by molar-refractivity contribution is 7.71. The molecule has 0 fully saturated rings. The minimum absolute atomic E-state index is 0.198. The van der Waals surface area contributed by atoms with E-state index in [1.165, 1.54) is 0 Å². The third-order valence-electron chi connectivity index (χ3n) is 5.53. The zero-order chi connectivity index (χ0) is 20.2. The van der Waals surface area contributed by atoms with E-state index in [9.17, 15) is 4.79 Å². The molecule has 2 heterocycles. The summed E-state index contributed by atoms with van der Waals surface area (Å²) in [5.74, 6) is 0.793. The van der Waals surface area contributed by atoms with E-state index in [0.717, 1.165) is 22.5 Å². The molecule has 2 aliphatic rings. The Kier molecular flexibility index (Phi) is 4.30. The number of aromatic nitrogens is 2. The standard InChI is InChI=1S/C21H25N5OS/c1-21(2)9-13-16(14(27)10-21)15(11-5-7-12(8-6-11)26(3)4)17-18(22)24-20(28)25-19(17)23-13/h5-9,15-16H,10H2,1-4H3,(H4,22,23,24,25,28). The molecule has 6 nitrogen and oxygen atoms in total. The molecule has 146 valence electrons. The number of nitrogens with zero attached hydrogens (tertiary/aromatic N) is 2. The number of H-pyrrole nitrogens is 1. The summed E-state index contributed by atoms with van der Waals surface area (Å²) < 4.78 is 0.325. The molecule has 1 aromatic carbocycles. The SMILES string of the molecule is CN(C)c1ccc(C2c3c(nc(=S)[nH]c3N)NC3=CC(C)(C)CC(=O)C32)cc1. The third-order valence-corrected chi connectivity index (χ3v) is 5.73. The molecule has 4 rings (SSSR count). The summed E-state index contributed by atoms with van der Waals surface area (Å²) in [6.45, 7) is 4.15. The summed E-state index contributed by atoms with van der Waals surface area (Å²) in [7, 11) is 4.01. The number of nitrogens with two attached hydrogens (primary N) is 1. The number of benzene rings is 1. The Morgan fingerprint density at radius 3 is 2.54 bits per heavy atom. The van der Waals surface area contributed by atoms with Crippen LogP contribution in [-0.4, -0.2) is 29.8 Å². The number of carbonyl (C=O) groups excluding carboxylic acids is 1. The van der Waals surface area contributed by atoms with Crippen LogP contribution in [0, 0.1) is 16.1 Å². The molecule has 0 radical (unpaired) electrons. The van der Waals surface area contributed by atoms with E-state index in [1.54, 1.807) is 0 Å². The van der Waals surface area contributed by atoms with Crippen LogP contribution in [0.5, 0.6) is 0 Å². The Labute approximate surface area is 169 Å². The van der Waals surface area contributed by atoms with Crippen LogP contribution in [0.4, 0.5) is 17.3 Å². The summed E-state index contributed by atoms with van der Waals surface area (Å²) in [4.78, 5) is 22.7. The van der Waals surface area contributed by atoms with Crippen LogP contribution in [0.3, 0.4) is 0 Å². The first-order valence-electron chi connectivity index (χ1n) is 9.36. The van der Waals surface area contributed by atoms with Gasteiger partial charge in [0, 0.05) is 43.4 Å². The van der Waals surface area contributed by atoms with Crippen LogP contribution in [0.25, 0.3) is 0 Å². The van der Waals surface area contributed by atoms with Crippen molar-refractivity contribution in [1.29, 1.82) is 0 Å². The second-order valence-electron chi connectivity index (χ2n) is 8.52. The van der Waals surface area contributed by atoms with Crippen molar-refractivity contribution in [3.63, 3.8) is 0 Å². The van der Waals surface area contributed by atoms with Gasteiger partial charge in [-0.3, -0.25) is 4.79 Å². The van der Waals surface area contributed by atoms with E-state index in [2.05, 4.69) is 59.5 Å². The Morgan fingerprint density at radius 1 is 1.21 bits per heavy atom. The molecule has 0 saturated heterocycles. The van der Waals surface area contributed by atoms with Gasteiger partial charge in [-0.1, -0.05) is 32.1 Å². The first-order valence-corrected chi connectivity index (χ1v) is 9.76. The molecule has 7 heteroatoms. The summed E-state index contributed by atoms with van der Waals surface area (Å²) in [6.07, 6.45) is 2.65. The molecule has 4 N–H and O–H groups in total. The van der Waals surface area contributed by atoms with Crippen molar-refractivity contribution in [2.24, 2.45) is 11.3 Å². The molecule has 0 bridgehead atoms. The van der Waals surface area contributed by atoms with E-state index >= 15 is 0 Å². The van der Waals surface area contributed by atoms with Crippen molar-refractivity contribution in [1.82, 2.24) is 9.97 Å². The third kappa shape index (κ3) is 3.09. The van der Waals surface area contributed by atoms with Gasteiger partial charge in [-0.2, -0.15) is 0 Å². The number of allylic oxidation sites excluding steroid dienone is 2. The highest BCUT2D eigenvalue weighted by atomic mass is 32.1. The number of hydrogen-bond donors (Lipinski definition) is 3. The van der Waals surface area contributed by atoms with Crippen LogP contribution in [0.15, 0.2) is 36.0 Å². The lowest BCUT2D eigenvalue weighted by atomic mass is 9.67. The van der Waals surface area contributed by atoms with Crippen LogP contribution < -0.4 is 16.0 Å². The number of ketones is 1. The quantitative estimate of drug-likeness (QED) is 0.670. The van der Waals surface area contributed by atoms with Gasteiger partial charge in [0.25, 0.3) is 0 Å². The van der Waals surface area contributed by atoms with E-state index in [0.29, 0.717) is 22.8 Å². The number of anilines is 3. The van der Waals surface area contributed by atoms with Crippen molar-refractivity contribution in [2.45, 2.75) is 26.2 Å². The molecule has 2 atom stereocenters. The van der Waals surface area contributed by atoms with Crippen molar-refractivity contribution in [3.05, 3.63) is 51.9 Å². The summed E-state index contributed by atoms with van der Waals surface area (Å²) in [5, 5.41) is 3.35. The molecular formula is C21H25N5OS. The number of fused-ring (bicyclic) bond motifs is 2. The van der Waals surface area contributed by atoms with E-state index < -0.39 is 0 Å². The number of aromatic amines is 1. The average Bonchev–Trinajstić information content (AvgIpc) is 2.58. The first-order chi connectivity index (χ1) is 13.2. The van der Waals surface area contributed by atoms with Crippen LogP contribution in [0.1, 0.15) is 37.3 Å². The van der Waals surface area contributed by atoms with Gasteiger partial charge in [0.1, 0.15) is 17.4 Å². The molecule has 1 aliphatic heterocycles. The highest BCUT2D eigenvalue weighted by Crippen LogP contribution is 2.50. The Hall–Kier alpha value is -2.67. The highest BCUT2D eigenvalue weighted by Gasteiger charge is 2.45. The van der Waals surface area contributed by atoms with Crippen molar-refractivity contribution < 1.29 is 4.79 Å². The molecule has 1 aliphatic carbocycles. The molecule has 2 unspecified atom stereocenters. The fraction of sp³-hybridized carbons (Fsp3) is 0.381. The van der Waals surface area contributed by atoms with Crippen LogP contribution in [-0.2, 0) is 4.79 Å². The Balaban J connectivity index is 1.94. The normalized spacial score (nSPS) is 22.6. The van der Waals surface area contributed by atoms with Gasteiger partial charge in [-0.15, -0.1) is 0 Å². The van der Waals surface area contributed by atoms with Gasteiger partial charge in [0.05, 0.1) is 5.92 Å². The van der Waals surface area contributed by atoms with Gasteiger partial charge in [0.15, 0.2) is 4.77 Å². The summed E-state index contributed by atoms with van der Waals surface area (Å²) in [5.41, 5.74) is 9.97. The second kappa shape index (κ2) is 6.44. The monoisotopic (exact) mass is 395 g/mol. The van der Waals surface area contributed by atoms with Crippen LogP contribution >= 0.6 is 12.2 Å². The second-order valence-corrected chi connectivity index (χ2v) is 8.90. The Bertz CT molecular complexity index is 1040. The smallest absolute Gasteiger partial charge is 0.200 e. The average molecular weight is 396 g/mol. The predicted octanol–water partition coefficient (Wildman–Crippen LogP) is 3.84. The molecule has 0 saturated carbocycles. The molecular weight excluding hydrogens is 370 g/mol. The number of Topliss-reactive ketones (excluding diaryl/α,β-unsaturated/α-hetero) is 1. The van der Waals surface area contributed by atoms with Crippen molar-refractivity contribution >= 4 is 35.3 Å². The first kappa shape index (κ1) is 18.7. The maximum Gasteiger partial charge on any atom is 0.200 e. The summed E-state index contributed by atoms with van der Waals surface area (Å²) >= 11 is 5.22. The van der Waals surface area contributed by atoms with E-state index in [1.807, 2.05) is 19.0 Å².